The number of ether oxygens (including phenoxy) is 1. The molecule has 0 spiro atoms. The van der Waals surface area contributed by atoms with Crippen molar-refractivity contribution >= 4 is 27.7 Å². The summed E-state index contributed by atoms with van der Waals surface area (Å²) in [5.41, 5.74) is 1.14. The smallest absolute Gasteiger partial charge is 0.210 e. The molecule has 0 aliphatic heterocycles. The summed E-state index contributed by atoms with van der Waals surface area (Å²) in [6.45, 7) is 0.0435. The number of benzene rings is 2. The molecular formula is C16H14BrFN4OS. The van der Waals surface area contributed by atoms with E-state index in [-0.39, 0.29) is 12.4 Å². The fraction of sp³-hybridized carbons (Fsp3) is 0.125. The number of nitrogen functional groups attached to an aromatic ring is 1. The first-order chi connectivity index (χ1) is 11.6. The summed E-state index contributed by atoms with van der Waals surface area (Å²) >= 11 is 4.91. The zero-order valence-corrected chi connectivity index (χ0v) is 14.9. The van der Waals surface area contributed by atoms with E-state index in [9.17, 15) is 4.39 Å². The summed E-state index contributed by atoms with van der Waals surface area (Å²) in [7, 11) is 0. The lowest BCUT2D eigenvalue weighted by Gasteiger charge is -2.07. The quantitative estimate of drug-likeness (QED) is 0.496. The van der Waals surface area contributed by atoms with Crippen molar-refractivity contribution in [1.82, 2.24) is 14.9 Å². The van der Waals surface area contributed by atoms with Crippen molar-refractivity contribution < 1.29 is 9.13 Å². The van der Waals surface area contributed by atoms with Gasteiger partial charge in [-0.1, -0.05) is 52.0 Å². The van der Waals surface area contributed by atoms with Crippen molar-refractivity contribution in [3.8, 4) is 5.75 Å². The van der Waals surface area contributed by atoms with Crippen LogP contribution < -0.4 is 10.6 Å². The summed E-state index contributed by atoms with van der Waals surface area (Å²) in [5.74, 6) is 6.85. The van der Waals surface area contributed by atoms with Crippen LogP contribution in [0.1, 0.15) is 11.4 Å². The van der Waals surface area contributed by atoms with Gasteiger partial charge in [-0.15, -0.1) is 10.2 Å². The van der Waals surface area contributed by atoms with Gasteiger partial charge in [0.15, 0.2) is 17.4 Å². The molecule has 0 aliphatic rings. The van der Waals surface area contributed by atoms with Gasteiger partial charge in [0.25, 0.3) is 0 Å². The van der Waals surface area contributed by atoms with Gasteiger partial charge in [0.2, 0.25) is 5.16 Å². The van der Waals surface area contributed by atoms with Gasteiger partial charge in [0.05, 0.1) is 0 Å². The van der Waals surface area contributed by atoms with E-state index in [0.29, 0.717) is 16.7 Å². The normalized spacial score (nSPS) is 10.8. The Hall–Kier alpha value is -2.06. The van der Waals surface area contributed by atoms with Gasteiger partial charge < -0.3 is 10.6 Å². The first kappa shape index (κ1) is 16.8. The maximum atomic E-state index is 13.5. The number of hydrogen-bond donors (Lipinski definition) is 1. The minimum Gasteiger partial charge on any atom is -0.482 e. The predicted octanol–water partition coefficient (Wildman–Crippen LogP) is 3.76. The molecule has 0 unspecified atom stereocenters. The number of aromatic nitrogens is 3. The minimum absolute atomic E-state index is 0.0435. The molecule has 3 aromatic rings. The summed E-state index contributed by atoms with van der Waals surface area (Å²) in [6.07, 6.45) is 0. The molecule has 0 saturated carbocycles. The average molecular weight is 409 g/mol. The Labute approximate surface area is 151 Å². The number of rotatable bonds is 6. The maximum Gasteiger partial charge on any atom is 0.210 e. The molecule has 1 heterocycles. The van der Waals surface area contributed by atoms with E-state index >= 15 is 0 Å². The highest BCUT2D eigenvalue weighted by Crippen LogP contribution is 2.23. The molecule has 0 atom stereocenters. The number of halogens is 2. The SMILES string of the molecule is Nn1c(COc2ccccc2F)nnc1SCc1cccc(Br)c1. The van der Waals surface area contributed by atoms with Gasteiger partial charge in [0, 0.05) is 10.2 Å². The van der Waals surface area contributed by atoms with Crippen molar-refractivity contribution in [1.29, 1.82) is 0 Å². The Balaban J connectivity index is 1.62. The largest absolute Gasteiger partial charge is 0.482 e. The van der Waals surface area contributed by atoms with Gasteiger partial charge in [-0.3, -0.25) is 0 Å². The van der Waals surface area contributed by atoms with Crippen molar-refractivity contribution in [2.24, 2.45) is 0 Å². The molecule has 0 radical (unpaired) electrons. The van der Waals surface area contributed by atoms with Crippen LogP contribution in [0.3, 0.4) is 0 Å². The van der Waals surface area contributed by atoms with Crippen LogP contribution in [0.4, 0.5) is 4.39 Å². The molecule has 2 N–H and O–H groups in total. The third-order valence-electron chi connectivity index (χ3n) is 3.19. The lowest BCUT2D eigenvalue weighted by Crippen LogP contribution is -2.16. The van der Waals surface area contributed by atoms with E-state index in [1.165, 1.54) is 22.5 Å². The number of thioether (sulfide) groups is 1. The molecule has 0 bridgehead atoms. The first-order valence-corrected chi connectivity index (χ1v) is 8.85. The highest BCUT2D eigenvalue weighted by atomic mass is 79.9. The number of nitrogens with zero attached hydrogens (tertiary/aromatic N) is 3. The molecule has 8 heteroatoms. The minimum atomic E-state index is -0.426. The van der Waals surface area contributed by atoms with E-state index in [1.54, 1.807) is 18.2 Å². The van der Waals surface area contributed by atoms with Crippen LogP contribution in [0.5, 0.6) is 5.75 Å². The lowest BCUT2D eigenvalue weighted by atomic mass is 10.2. The van der Waals surface area contributed by atoms with E-state index in [2.05, 4.69) is 26.1 Å². The van der Waals surface area contributed by atoms with Gasteiger partial charge in [-0.25, -0.2) is 9.07 Å². The number of nitrogens with two attached hydrogens (primary N) is 1. The topological polar surface area (TPSA) is 66.0 Å². The number of hydrogen-bond acceptors (Lipinski definition) is 5. The summed E-state index contributed by atoms with van der Waals surface area (Å²) in [6, 6.07) is 14.2. The van der Waals surface area contributed by atoms with Crippen LogP contribution >= 0.6 is 27.7 Å². The second-order valence-electron chi connectivity index (χ2n) is 4.91. The van der Waals surface area contributed by atoms with Gasteiger partial charge in [-0.2, -0.15) is 0 Å². The molecule has 3 rings (SSSR count). The summed E-state index contributed by atoms with van der Waals surface area (Å²) in [4.78, 5) is 0. The molecule has 0 saturated heterocycles. The zero-order valence-electron chi connectivity index (χ0n) is 12.5. The van der Waals surface area contributed by atoms with Crippen LogP contribution in [-0.2, 0) is 12.4 Å². The first-order valence-electron chi connectivity index (χ1n) is 7.07. The molecule has 1 aromatic heterocycles. The predicted molar refractivity (Wildman–Crippen MR) is 94.6 cm³/mol. The molecule has 24 heavy (non-hydrogen) atoms. The molecule has 0 fully saturated rings. The van der Waals surface area contributed by atoms with Crippen molar-refractivity contribution in [3.05, 3.63) is 70.2 Å². The van der Waals surface area contributed by atoms with E-state index in [4.69, 9.17) is 10.6 Å². The zero-order chi connectivity index (χ0) is 16.9. The third kappa shape index (κ3) is 4.07. The highest BCUT2D eigenvalue weighted by Gasteiger charge is 2.12. The molecule has 124 valence electrons. The third-order valence-corrected chi connectivity index (χ3v) is 4.69. The lowest BCUT2D eigenvalue weighted by molar-refractivity contribution is 0.277. The molecule has 0 aliphatic carbocycles. The Kier molecular flexibility index (Phi) is 5.37. The van der Waals surface area contributed by atoms with E-state index < -0.39 is 5.82 Å². The van der Waals surface area contributed by atoms with Gasteiger partial charge >= 0.3 is 0 Å². The maximum absolute atomic E-state index is 13.5. The second kappa shape index (κ2) is 7.67. The Morgan fingerprint density at radius 3 is 2.79 bits per heavy atom. The summed E-state index contributed by atoms with van der Waals surface area (Å²) in [5, 5.41) is 8.63. The Bertz CT molecular complexity index is 842. The van der Waals surface area contributed by atoms with Gasteiger partial charge in [-0.05, 0) is 29.8 Å². The number of para-hydroxylation sites is 1. The molecule has 5 nitrogen and oxygen atoms in total. The van der Waals surface area contributed by atoms with Crippen LogP contribution in [0.2, 0.25) is 0 Å². The van der Waals surface area contributed by atoms with Crippen LogP contribution in [-0.4, -0.2) is 14.9 Å². The highest BCUT2D eigenvalue weighted by molar-refractivity contribution is 9.10. The van der Waals surface area contributed by atoms with Crippen molar-refractivity contribution in [3.63, 3.8) is 0 Å². The Morgan fingerprint density at radius 1 is 1.17 bits per heavy atom. The molecule has 0 amide bonds. The van der Waals surface area contributed by atoms with Crippen LogP contribution in [0.15, 0.2) is 58.2 Å². The fourth-order valence-corrected chi connectivity index (χ4v) is 3.25. The van der Waals surface area contributed by atoms with E-state index in [0.717, 1.165) is 10.0 Å². The van der Waals surface area contributed by atoms with E-state index in [1.807, 2.05) is 24.3 Å². The molecule has 2 aromatic carbocycles. The monoisotopic (exact) mass is 408 g/mol. The van der Waals surface area contributed by atoms with Gasteiger partial charge in [0.1, 0.15) is 6.61 Å². The standard InChI is InChI=1S/C16H14BrFN4OS/c17-12-5-3-4-11(8-12)10-24-16-21-20-15(22(16)19)9-23-14-7-2-1-6-13(14)18/h1-8H,9-10,19H2. The van der Waals surface area contributed by atoms with Crippen molar-refractivity contribution in [2.75, 3.05) is 5.84 Å². The average Bonchev–Trinajstić information content (AvgIpc) is 2.92. The van der Waals surface area contributed by atoms with Crippen LogP contribution in [0.25, 0.3) is 0 Å². The molecular weight excluding hydrogens is 395 g/mol. The fourth-order valence-electron chi connectivity index (χ4n) is 1.98. The second-order valence-corrected chi connectivity index (χ2v) is 6.76. The van der Waals surface area contributed by atoms with Crippen molar-refractivity contribution in [2.45, 2.75) is 17.5 Å². The Morgan fingerprint density at radius 2 is 2.00 bits per heavy atom. The summed E-state index contributed by atoms with van der Waals surface area (Å²) < 4.78 is 21.3. The van der Waals surface area contributed by atoms with Crippen LogP contribution in [0, 0.1) is 5.82 Å².